The summed E-state index contributed by atoms with van der Waals surface area (Å²) >= 11 is 0. The van der Waals surface area contributed by atoms with Gasteiger partial charge in [-0.15, -0.1) is 0 Å². The Kier molecular flexibility index (Phi) is 4.05. The van der Waals surface area contributed by atoms with Crippen LogP contribution >= 0.6 is 0 Å². The first-order chi connectivity index (χ1) is 8.21. The molecule has 0 aromatic carbocycles. The smallest absolute Gasteiger partial charge is 0.251 e. The topological polar surface area (TPSA) is 58.4 Å². The highest BCUT2D eigenvalue weighted by molar-refractivity contribution is 5.81. The van der Waals surface area contributed by atoms with E-state index in [1.807, 2.05) is 0 Å². The van der Waals surface area contributed by atoms with Crippen molar-refractivity contribution in [2.24, 2.45) is 11.3 Å². The van der Waals surface area contributed by atoms with Crippen molar-refractivity contribution >= 4 is 5.91 Å². The third-order valence-electron chi connectivity index (χ3n) is 4.80. The Morgan fingerprint density at radius 2 is 1.88 bits per heavy atom. The van der Waals surface area contributed by atoms with Gasteiger partial charge in [0.25, 0.3) is 5.91 Å². The largest absolute Gasteiger partial charge is 0.293 e. The highest BCUT2D eigenvalue weighted by atomic mass is 16.2. The lowest BCUT2D eigenvalue weighted by Gasteiger charge is -2.42. The van der Waals surface area contributed by atoms with Crippen LogP contribution in [0.2, 0.25) is 0 Å². The van der Waals surface area contributed by atoms with Gasteiger partial charge in [-0.1, -0.05) is 19.8 Å². The maximum absolute atomic E-state index is 11.7. The number of hydrogen-bond acceptors (Lipinski definition) is 3. The van der Waals surface area contributed by atoms with Crippen LogP contribution in [0.1, 0.15) is 51.9 Å². The summed E-state index contributed by atoms with van der Waals surface area (Å²) in [6.45, 7) is 4.18. The van der Waals surface area contributed by atoms with E-state index in [-0.39, 0.29) is 11.9 Å². The molecule has 0 aromatic rings. The number of nitrogens with two attached hydrogens (primary N) is 1. The van der Waals surface area contributed by atoms with Gasteiger partial charge in [-0.05, 0) is 50.6 Å². The fourth-order valence-corrected chi connectivity index (χ4v) is 3.64. The highest BCUT2D eigenvalue weighted by Gasteiger charge is 2.39. The van der Waals surface area contributed by atoms with Gasteiger partial charge in [0.2, 0.25) is 0 Å². The molecule has 4 nitrogen and oxygen atoms in total. The zero-order valence-electron chi connectivity index (χ0n) is 10.9. The van der Waals surface area contributed by atoms with Crippen LogP contribution in [-0.2, 0) is 4.79 Å². The molecule has 4 heteroatoms. The molecule has 1 heterocycles. The number of amides is 1. The quantitative estimate of drug-likeness (QED) is 0.445. The van der Waals surface area contributed by atoms with E-state index in [4.69, 9.17) is 5.84 Å². The Hall–Kier alpha value is -0.610. The predicted octanol–water partition coefficient (Wildman–Crippen LogP) is 1.41. The number of nitrogens with zero attached hydrogens (tertiary/aromatic N) is 1. The zero-order valence-corrected chi connectivity index (χ0v) is 10.9. The van der Waals surface area contributed by atoms with Crippen molar-refractivity contribution in [3.8, 4) is 0 Å². The number of rotatable bonds is 3. The van der Waals surface area contributed by atoms with Gasteiger partial charge in [0.15, 0.2) is 0 Å². The molecule has 1 atom stereocenters. The van der Waals surface area contributed by atoms with Crippen LogP contribution in [0.5, 0.6) is 0 Å². The van der Waals surface area contributed by atoms with Crippen LogP contribution in [0, 0.1) is 5.41 Å². The van der Waals surface area contributed by atoms with Gasteiger partial charge < -0.3 is 0 Å². The standard InChI is InChI=1S/C13H25N3O/c1-2-11(12(17)15-14)16-9-7-13(8-10-16)5-3-4-6-13/h11H,2-10,14H2,1H3,(H,15,17). The molecule has 1 amide bonds. The zero-order chi connectivity index (χ0) is 12.3. The van der Waals surface area contributed by atoms with Crippen LogP contribution in [0.15, 0.2) is 0 Å². The van der Waals surface area contributed by atoms with Crippen LogP contribution in [-0.4, -0.2) is 29.9 Å². The average molecular weight is 239 g/mol. The predicted molar refractivity (Wildman–Crippen MR) is 68.1 cm³/mol. The molecular formula is C13H25N3O. The van der Waals surface area contributed by atoms with E-state index < -0.39 is 0 Å². The normalized spacial score (nSPS) is 26.0. The summed E-state index contributed by atoms with van der Waals surface area (Å²) in [5.74, 6) is 5.21. The number of hydrogen-bond donors (Lipinski definition) is 2. The fourth-order valence-electron chi connectivity index (χ4n) is 3.64. The van der Waals surface area contributed by atoms with Crippen LogP contribution < -0.4 is 11.3 Å². The Morgan fingerprint density at radius 3 is 2.35 bits per heavy atom. The van der Waals surface area contributed by atoms with E-state index >= 15 is 0 Å². The van der Waals surface area contributed by atoms with Gasteiger partial charge in [0.05, 0.1) is 6.04 Å². The van der Waals surface area contributed by atoms with Gasteiger partial charge in [-0.3, -0.25) is 15.1 Å². The Labute approximate surface area is 104 Å². The van der Waals surface area contributed by atoms with Crippen molar-refractivity contribution in [1.82, 2.24) is 10.3 Å². The molecule has 0 bridgehead atoms. The minimum Gasteiger partial charge on any atom is -0.293 e. The monoisotopic (exact) mass is 239 g/mol. The molecule has 1 saturated heterocycles. The lowest BCUT2D eigenvalue weighted by Crippen LogP contribution is -2.52. The summed E-state index contributed by atoms with van der Waals surface area (Å²) in [7, 11) is 0. The summed E-state index contributed by atoms with van der Waals surface area (Å²) in [6, 6.07) is -0.0289. The van der Waals surface area contributed by atoms with Crippen molar-refractivity contribution in [2.75, 3.05) is 13.1 Å². The first-order valence-corrected chi connectivity index (χ1v) is 6.95. The minimum atomic E-state index is -0.0325. The Morgan fingerprint density at radius 1 is 1.29 bits per heavy atom. The molecule has 1 unspecified atom stereocenters. The first kappa shape index (κ1) is 12.8. The summed E-state index contributed by atoms with van der Waals surface area (Å²) in [5.41, 5.74) is 2.91. The van der Waals surface area contributed by atoms with Crippen molar-refractivity contribution in [2.45, 2.75) is 57.9 Å². The lowest BCUT2D eigenvalue weighted by molar-refractivity contribution is -0.127. The molecule has 1 aliphatic carbocycles. The minimum absolute atomic E-state index is 0.0289. The maximum Gasteiger partial charge on any atom is 0.251 e. The average Bonchev–Trinajstić information content (AvgIpc) is 2.81. The SMILES string of the molecule is CCC(C(=O)NN)N1CCC2(CCCC2)CC1. The second-order valence-corrected chi connectivity index (χ2v) is 5.68. The van der Waals surface area contributed by atoms with Gasteiger partial charge in [0, 0.05) is 0 Å². The Balaban J connectivity index is 1.91. The second-order valence-electron chi connectivity index (χ2n) is 5.68. The summed E-state index contributed by atoms with van der Waals surface area (Å²) in [5, 5.41) is 0. The number of carbonyl (C=O) groups excluding carboxylic acids is 1. The number of hydrazine groups is 1. The van der Waals surface area contributed by atoms with E-state index in [0.29, 0.717) is 5.41 Å². The van der Waals surface area contributed by atoms with Gasteiger partial charge in [-0.25, -0.2) is 5.84 Å². The van der Waals surface area contributed by atoms with Crippen molar-refractivity contribution < 1.29 is 4.79 Å². The first-order valence-electron chi connectivity index (χ1n) is 6.95. The van der Waals surface area contributed by atoms with Gasteiger partial charge >= 0.3 is 0 Å². The third-order valence-corrected chi connectivity index (χ3v) is 4.80. The van der Waals surface area contributed by atoms with E-state index in [0.717, 1.165) is 19.5 Å². The molecule has 1 aliphatic heterocycles. The molecular weight excluding hydrogens is 214 g/mol. The fraction of sp³-hybridized carbons (Fsp3) is 0.923. The number of carbonyl (C=O) groups is 1. The molecule has 2 aliphatic rings. The van der Waals surface area contributed by atoms with Crippen LogP contribution in [0.3, 0.4) is 0 Å². The molecule has 98 valence electrons. The van der Waals surface area contributed by atoms with Crippen LogP contribution in [0.4, 0.5) is 0 Å². The van der Waals surface area contributed by atoms with E-state index in [2.05, 4.69) is 17.2 Å². The third kappa shape index (κ3) is 2.63. The molecule has 0 radical (unpaired) electrons. The molecule has 2 fully saturated rings. The van der Waals surface area contributed by atoms with E-state index in [9.17, 15) is 4.79 Å². The molecule has 1 spiro atoms. The second kappa shape index (κ2) is 5.36. The molecule has 1 saturated carbocycles. The maximum atomic E-state index is 11.7. The summed E-state index contributed by atoms with van der Waals surface area (Å²) in [4.78, 5) is 14.0. The molecule has 0 aromatic heterocycles. The van der Waals surface area contributed by atoms with E-state index in [1.54, 1.807) is 0 Å². The van der Waals surface area contributed by atoms with Crippen molar-refractivity contribution in [3.05, 3.63) is 0 Å². The molecule has 17 heavy (non-hydrogen) atoms. The summed E-state index contributed by atoms with van der Waals surface area (Å²) in [6.07, 6.45) is 8.99. The molecule has 3 N–H and O–H groups in total. The number of nitrogens with one attached hydrogen (secondary N) is 1. The van der Waals surface area contributed by atoms with Gasteiger partial charge in [-0.2, -0.15) is 0 Å². The highest BCUT2D eigenvalue weighted by Crippen LogP contribution is 2.46. The van der Waals surface area contributed by atoms with Crippen LogP contribution in [0.25, 0.3) is 0 Å². The number of likely N-dealkylation sites (tertiary alicyclic amines) is 1. The molecule has 2 rings (SSSR count). The van der Waals surface area contributed by atoms with Gasteiger partial charge in [0.1, 0.15) is 0 Å². The van der Waals surface area contributed by atoms with Crippen molar-refractivity contribution in [1.29, 1.82) is 0 Å². The van der Waals surface area contributed by atoms with E-state index in [1.165, 1.54) is 38.5 Å². The number of piperidine rings is 1. The Bertz CT molecular complexity index is 264. The van der Waals surface area contributed by atoms with Crippen molar-refractivity contribution in [3.63, 3.8) is 0 Å². The lowest BCUT2D eigenvalue weighted by atomic mass is 9.76. The summed E-state index contributed by atoms with van der Waals surface area (Å²) < 4.78 is 0.